The summed E-state index contributed by atoms with van der Waals surface area (Å²) in [6.07, 6.45) is 1.45. The lowest BCUT2D eigenvalue weighted by Gasteiger charge is -1.84. The maximum atomic E-state index is 10.2. The zero-order chi connectivity index (χ0) is 6.57. The first kappa shape index (κ1) is 8.18. The number of carbonyl (C=O) groups is 1. The second-order valence-electron chi connectivity index (χ2n) is 1.34. The SMILES string of the molecule is CC(=O)/C=C(/Br)CCl. The lowest BCUT2D eigenvalue weighted by Crippen LogP contribution is -1.82. The molecule has 1 nitrogen and oxygen atoms in total. The average Bonchev–Trinajstić information content (AvgIpc) is 1.65. The third kappa shape index (κ3) is 4.34. The molecule has 3 heteroatoms. The van der Waals surface area contributed by atoms with E-state index in [1.165, 1.54) is 13.0 Å². The number of halogens is 2. The molecule has 0 amide bonds. The van der Waals surface area contributed by atoms with E-state index in [1.807, 2.05) is 0 Å². The second kappa shape index (κ2) is 4.10. The normalized spacial score (nSPS) is 11.6. The second-order valence-corrected chi connectivity index (χ2v) is 2.62. The van der Waals surface area contributed by atoms with E-state index in [-0.39, 0.29) is 5.78 Å². The van der Waals surface area contributed by atoms with E-state index in [1.54, 1.807) is 0 Å². The Morgan fingerprint density at radius 1 is 1.88 bits per heavy atom. The standard InChI is InChI=1S/C5H6BrClO/c1-4(8)2-5(6)3-7/h2H,3H2,1H3/b5-2+. The Hall–Kier alpha value is 0.180. The Bertz CT molecular complexity index is 120. The molecule has 0 unspecified atom stereocenters. The van der Waals surface area contributed by atoms with Crippen molar-refractivity contribution in [3.8, 4) is 0 Å². The van der Waals surface area contributed by atoms with Crippen molar-refractivity contribution in [1.29, 1.82) is 0 Å². The van der Waals surface area contributed by atoms with Crippen LogP contribution >= 0.6 is 27.5 Å². The van der Waals surface area contributed by atoms with E-state index in [0.717, 1.165) is 4.48 Å². The minimum absolute atomic E-state index is 0.0116. The van der Waals surface area contributed by atoms with Gasteiger partial charge in [-0.1, -0.05) is 15.9 Å². The highest BCUT2D eigenvalue weighted by Crippen LogP contribution is 2.05. The van der Waals surface area contributed by atoms with Crippen molar-refractivity contribution >= 4 is 33.3 Å². The minimum atomic E-state index is 0.0116. The Labute approximate surface area is 61.8 Å². The molecule has 0 heterocycles. The van der Waals surface area contributed by atoms with Gasteiger partial charge in [-0.05, 0) is 13.0 Å². The van der Waals surface area contributed by atoms with Crippen LogP contribution in [0.1, 0.15) is 6.92 Å². The third-order valence-corrected chi connectivity index (χ3v) is 1.61. The Morgan fingerprint density at radius 2 is 2.38 bits per heavy atom. The molecule has 0 N–H and O–H groups in total. The van der Waals surface area contributed by atoms with Crippen LogP contribution in [0.3, 0.4) is 0 Å². The fourth-order valence-electron chi connectivity index (χ4n) is 0.259. The number of hydrogen-bond acceptors (Lipinski definition) is 1. The quantitative estimate of drug-likeness (QED) is 0.489. The zero-order valence-electron chi connectivity index (χ0n) is 4.45. The van der Waals surface area contributed by atoms with Crippen LogP contribution in [0.15, 0.2) is 10.6 Å². The predicted octanol–water partition coefficient (Wildman–Crippen LogP) is 2.09. The van der Waals surface area contributed by atoms with Crippen LogP contribution < -0.4 is 0 Å². The van der Waals surface area contributed by atoms with Crippen LogP contribution in [0.25, 0.3) is 0 Å². The van der Waals surface area contributed by atoms with Crippen molar-refractivity contribution in [2.75, 3.05) is 5.88 Å². The summed E-state index contributed by atoms with van der Waals surface area (Å²) in [5.41, 5.74) is 0. The molecule has 0 aliphatic carbocycles. The molecule has 0 aliphatic heterocycles. The first-order chi connectivity index (χ1) is 3.66. The lowest BCUT2D eigenvalue weighted by molar-refractivity contribution is -0.112. The van der Waals surface area contributed by atoms with Gasteiger partial charge in [0.1, 0.15) is 0 Å². The number of hydrogen-bond donors (Lipinski definition) is 0. The van der Waals surface area contributed by atoms with E-state index < -0.39 is 0 Å². The summed E-state index contributed by atoms with van der Waals surface area (Å²) in [5.74, 6) is 0.372. The van der Waals surface area contributed by atoms with Crippen LogP contribution in [0.2, 0.25) is 0 Å². The molecule has 0 saturated heterocycles. The van der Waals surface area contributed by atoms with Crippen molar-refractivity contribution in [3.05, 3.63) is 10.6 Å². The van der Waals surface area contributed by atoms with Crippen molar-refractivity contribution in [2.45, 2.75) is 6.92 Å². The summed E-state index contributed by atoms with van der Waals surface area (Å²) >= 11 is 8.41. The molecule has 0 aromatic carbocycles. The van der Waals surface area contributed by atoms with Gasteiger partial charge in [-0.15, -0.1) is 11.6 Å². The average molecular weight is 197 g/mol. The largest absolute Gasteiger partial charge is 0.295 e. The van der Waals surface area contributed by atoms with E-state index in [4.69, 9.17) is 11.6 Å². The van der Waals surface area contributed by atoms with Crippen LogP contribution in [0.5, 0.6) is 0 Å². The Morgan fingerprint density at radius 3 is 2.50 bits per heavy atom. The summed E-state index contributed by atoms with van der Waals surface area (Å²) in [6.45, 7) is 1.48. The Kier molecular flexibility index (Phi) is 4.19. The molecule has 46 valence electrons. The molecular weight excluding hydrogens is 191 g/mol. The molecule has 8 heavy (non-hydrogen) atoms. The highest BCUT2D eigenvalue weighted by Gasteiger charge is 1.88. The maximum absolute atomic E-state index is 10.2. The van der Waals surface area contributed by atoms with Gasteiger partial charge in [-0.2, -0.15) is 0 Å². The number of allylic oxidation sites excluding steroid dienone is 2. The fourth-order valence-corrected chi connectivity index (χ4v) is 0.659. The molecular formula is C5H6BrClO. The molecule has 0 aliphatic rings. The topological polar surface area (TPSA) is 17.1 Å². The van der Waals surface area contributed by atoms with Crippen molar-refractivity contribution in [3.63, 3.8) is 0 Å². The lowest BCUT2D eigenvalue weighted by atomic mass is 10.4. The van der Waals surface area contributed by atoms with Crippen LogP contribution in [-0.4, -0.2) is 11.7 Å². The van der Waals surface area contributed by atoms with Gasteiger partial charge in [0.2, 0.25) is 0 Å². The molecule has 0 fully saturated rings. The highest BCUT2D eigenvalue weighted by atomic mass is 79.9. The third-order valence-electron chi connectivity index (χ3n) is 0.488. The molecule has 0 spiro atoms. The van der Waals surface area contributed by atoms with Gasteiger partial charge >= 0.3 is 0 Å². The number of alkyl halides is 1. The van der Waals surface area contributed by atoms with Gasteiger partial charge in [-0.3, -0.25) is 4.79 Å². The first-order valence-corrected chi connectivity index (χ1v) is 3.42. The van der Waals surface area contributed by atoms with Crippen molar-refractivity contribution < 1.29 is 4.79 Å². The van der Waals surface area contributed by atoms with E-state index in [2.05, 4.69) is 15.9 Å². The van der Waals surface area contributed by atoms with Gasteiger partial charge in [0.05, 0.1) is 5.88 Å². The van der Waals surface area contributed by atoms with Gasteiger partial charge in [0, 0.05) is 4.48 Å². The smallest absolute Gasteiger partial charge is 0.153 e. The van der Waals surface area contributed by atoms with Crippen molar-refractivity contribution in [2.24, 2.45) is 0 Å². The molecule has 0 aromatic heterocycles. The number of rotatable bonds is 2. The summed E-state index contributed by atoms with van der Waals surface area (Å²) in [4.78, 5) is 10.2. The molecule has 0 bridgehead atoms. The fraction of sp³-hybridized carbons (Fsp3) is 0.400. The Balaban J connectivity index is 3.75. The summed E-state index contributed by atoms with van der Waals surface area (Å²) in [6, 6.07) is 0. The molecule has 0 rings (SSSR count). The van der Waals surface area contributed by atoms with Crippen LogP contribution in [0.4, 0.5) is 0 Å². The van der Waals surface area contributed by atoms with E-state index >= 15 is 0 Å². The zero-order valence-corrected chi connectivity index (χ0v) is 6.79. The number of carbonyl (C=O) groups excluding carboxylic acids is 1. The summed E-state index contributed by atoms with van der Waals surface area (Å²) in [7, 11) is 0. The molecule has 0 saturated carbocycles. The maximum Gasteiger partial charge on any atom is 0.153 e. The molecule has 0 aromatic rings. The summed E-state index contributed by atoms with van der Waals surface area (Å²) in [5, 5.41) is 0. The monoisotopic (exact) mass is 196 g/mol. The van der Waals surface area contributed by atoms with E-state index in [9.17, 15) is 4.79 Å². The van der Waals surface area contributed by atoms with Gasteiger partial charge in [0.25, 0.3) is 0 Å². The van der Waals surface area contributed by atoms with Gasteiger partial charge < -0.3 is 0 Å². The van der Waals surface area contributed by atoms with E-state index in [0.29, 0.717) is 5.88 Å². The van der Waals surface area contributed by atoms with Crippen LogP contribution in [0, 0.1) is 0 Å². The molecule has 0 atom stereocenters. The van der Waals surface area contributed by atoms with Gasteiger partial charge in [-0.25, -0.2) is 0 Å². The van der Waals surface area contributed by atoms with Gasteiger partial charge in [0.15, 0.2) is 5.78 Å². The molecule has 0 radical (unpaired) electrons. The van der Waals surface area contributed by atoms with Crippen molar-refractivity contribution in [1.82, 2.24) is 0 Å². The highest BCUT2D eigenvalue weighted by molar-refractivity contribution is 9.11. The minimum Gasteiger partial charge on any atom is -0.295 e. The number of ketones is 1. The van der Waals surface area contributed by atoms with Crippen LogP contribution in [-0.2, 0) is 4.79 Å². The summed E-state index contributed by atoms with van der Waals surface area (Å²) < 4.78 is 0.728. The first-order valence-electron chi connectivity index (χ1n) is 2.09. The predicted molar refractivity (Wildman–Crippen MR) is 38.4 cm³/mol.